The summed E-state index contributed by atoms with van der Waals surface area (Å²) in [4.78, 5) is 10.6. The maximum atomic E-state index is 10.6. The molecule has 0 amide bonds. The van der Waals surface area contributed by atoms with Gasteiger partial charge in [-0.1, -0.05) is 0 Å². The molecule has 0 aliphatic carbocycles. The molecule has 0 heterocycles. The lowest BCUT2D eigenvalue weighted by Crippen LogP contribution is -1.95. The fourth-order valence-electron chi connectivity index (χ4n) is 1.36. The summed E-state index contributed by atoms with van der Waals surface area (Å²) in [5, 5.41) is -0.543. The van der Waals surface area contributed by atoms with Gasteiger partial charge in [-0.15, -0.1) is 0 Å². The zero-order valence-corrected chi connectivity index (χ0v) is 10.6. The van der Waals surface area contributed by atoms with Gasteiger partial charge in [-0.3, -0.25) is 4.79 Å². The third-order valence-electron chi connectivity index (χ3n) is 2.09. The summed E-state index contributed by atoms with van der Waals surface area (Å²) in [6, 6.07) is 3.44. The second kappa shape index (κ2) is 6.15. The first-order valence-electron chi connectivity index (χ1n) is 4.80. The maximum absolute atomic E-state index is 10.6. The Morgan fingerprint density at radius 1 is 1.12 bits per heavy atom. The van der Waals surface area contributed by atoms with Gasteiger partial charge in [0.25, 0.3) is 0 Å². The predicted octanol–water partition coefficient (Wildman–Crippen LogP) is 2.49. The van der Waals surface area contributed by atoms with Crippen LogP contribution < -0.4 is 14.2 Å². The molecule has 17 heavy (non-hydrogen) atoms. The van der Waals surface area contributed by atoms with E-state index in [0.29, 0.717) is 17.2 Å². The Morgan fingerprint density at radius 2 is 1.65 bits per heavy atom. The van der Waals surface area contributed by atoms with Crippen LogP contribution in [0.5, 0.6) is 17.2 Å². The smallest absolute Gasteiger partial charge is 0.245 e. The largest absolute Gasteiger partial charge is 0.493 e. The molecule has 0 atom stereocenters. The van der Waals surface area contributed by atoms with Crippen LogP contribution in [-0.2, 0) is 4.79 Å². The monoisotopic (exact) mass is 256 g/mol. The molecule has 0 unspecified atom stereocenters. The highest BCUT2D eigenvalue weighted by Crippen LogP contribution is 2.38. The van der Waals surface area contributed by atoms with Crippen molar-refractivity contribution in [2.24, 2.45) is 0 Å². The predicted molar refractivity (Wildman–Crippen MR) is 66.0 cm³/mol. The van der Waals surface area contributed by atoms with Crippen molar-refractivity contribution in [2.75, 3.05) is 21.3 Å². The average Bonchev–Trinajstić information content (AvgIpc) is 2.34. The van der Waals surface area contributed by atoms with Crippen LogP contribution in [0.1, 0.15) is 5.56 Å². The van der Waals surface area contributed by atoms with E-state index < -0.39 is 5.24 Å². The first kappa shape index (κ1) is 13.4. The highest BCUT2D eigenvalue weighted by atomic mass is 35.5. The van der Waals surface area contributed by atoms with Crippen LogP contribution in [-0.4, -0.2) is 26.6 Å². The van der Waals surface area contributed by atoms with Crippen LogP contribution in [0.15, 0.2) is 18.2 Å². The quantitative estimate of drug-likeness (QED) is 0.600. The van der Waals surface area contributed by atoms with E-state index in [1.807, 2.05) is 0 Å². The number of carbonyl (C=O) groups excluding carboxylic acids is 1. The highest BCUT2D eigenvalue weighted by molar-refractivity contribution is 6.66. The van der Waals surface area contributed by atoms with E-state index in [-0.39, 0.29) is 0 Å². The molecular formula is C12H13ClO4. The van der Waals surface area contributed by atoms with Gasteiger partial charge in [0.05, 0.1) is 21.3 Å². The van der Waals surface area contributed by atoms with Gasteiger partial charge in [0.15, 0.2) is 11.5 Å². The number of halogens is 1. The molecule has 0 bridgehead atoms. The van der Waals surface area contributed by atoms with Gasteiger partial charge in [-0.05, 0) is 41.4 Å². The average molecular weight is 257 g/mol. The second-order valence-electron chi connectivity index (χ2n) is 3.10. The van der Waals surface area contributed by atoms with Crippen molar-refractivity contribution in [1.82, 2.24) is 0 Å². The molecule has 0 saturated carbocycles. The van der Waals surface area contributed by atoms with Gasteiger partial charge >= 0.3 is 0 Å². The molecular weight excluding hydrogens is 244 g/mol. The van der Waals surface area contributed by atoms with Gasteiger partial charge in [0, 0.05) is 0 Å². The molecule has 1 aromatic carbocycles. The van der Waals surface area contributed by atoms with Gasteiger partial charge in [-0.2, -0.15) is 0 Å². The van der Waals surface area contributed by atoms with Crippen molar-refractivity contribution in [3.63, 3.8) is 0 Å². The van der Waals surface area contributed by atoms with Crippen LogP contribution in [0.25, 0.3) is 6.08 Å². The molecule has 0 saturated heterocycles. The van der Waals surface area contributed by atoms with Crippen molar-refractivity contribution < 1.29 is 19.0 Å². The summed E-state index contributed by atoms with van der Waals surface area (Å²) >= 11 is 5.22. The number of rotatable bonds is 5. The SMILES string of the molecule is COc1cc(C=CC(=O)Cl)cc(OC)c1OC. The molecule has 5 heteroatoms. The third-order valence-corrected chi connectivity index (χ3v) is 2.22. The van der Waals surface area contributed by atoms with E-state index in [1.165, 1.54) is 27.4 Å². The number of ether oxygens (including phenoxy) is 3. The zero-order valence-electron chi connectivity index (χ0n) is 9.82. The van der Waals surface area contributed by atoms with Crippen LogP contribution >= 0.6 is 11.6 Å². The summed E-state index contributed by atoms with van der Waals surface area (Å²) < 4.78 is 15.5. The molecule has 4 nitrogen and oxygen atoms in total. The molecule has 0 aliphatic heterocycles. The van der Waals surface area contributed by atoms with Gasteiger partial charge in [-0.25, -0.2) is 0 Å². The minimum atomic E-state index is -0.543. The Balaban J connectivity index is 3.22. The Bertz CT molecular complexity index is 415. The van der Waals surface area contributed by atoms with Crippen LogP contribution in [0.2, 0.25) is 0 Å². The van der Waals surface area contributed by atoms with Crippen molar-refractivity contribution in [3.8, 4) is 17.2 Å². The molecule has 92 valence electrons. The zero-order chi connectivity index (χ0) is 12.8. The molecule has 1 rings (SSSR count). The number of benzene rings is 1. The molecule has 0 aromatic heterocycles. The molecule has 1 aromatic rings. The normalized spacial score (nSPS) is 10.4. The summed E-state index contributed by atoms with van der Waals surface area (Å²) in [7, 11) is 4.58. The molecule has 0 radical (unpaired) electrons. The summed E-state index contributed by atoms with van der Waals surface area (Å²) in [5.74, 6) is 1.55. The molecule has 0 aliphatic rings. The van der Waals surface area contributed by atoms with Crippen LogP contribution in [0, 0.1) is 0 Å². The fourth-order valence-corrected chi connectivity index (χ4v) is 1.42. The number of carbonyl (C=O) groups is 1. The van der Waals surface area contributed by atoms with Gasteiger partial charge in [0.2, 0.25) is 11.0 Å². The van der Waals surface area contributed by atoms with Crippen LogP contribution in [0.3, 0.4) is 0 Å². The number of methoxy groups -OCH3 is 3. The first-order chi connectivity index (χ1) is 8.12. The minimum absolute atomic E-state index is 0.504. The van der Waals surface area contributed by atoms with Crippen molar-refractivity contribution in [1.29, 1.82) is 0 Å². The van der Waals surface area contributed by atoms with E-state index in [4.69, 9.17) is 25.8 Å². The lowest BCUT2D eigenvalue weighted by atomic mass is 10.1. The number of allylic oxidation sites excluding steroid dienone is 1. The summed E-state index contributed by atoms with van der Waals surface area (Å²) in [5.41, 5.74) is 0.730. The highest BCUT2D eigenvalue weighted by Gasteiger charge is 2.11. The summed E-state index contributed by atoms with van der Waals surface area (Å²) in [6.07, 6.45) is 2.82. The maximum Gasteiger partial charge on any atom is 0.245 e. The van der Waals surface area contributed by atoms with Gasteiger partial charge < -0.3 is 14.2 Å². The Labute approximate surface area is 105 Å². The Hall–Kier alpha value is -1.68. The van der Waals surface area contributed by atoms with E-state index in [2.05, 4.69) is 0 Å². The Kier molecular flexibility index (Phi) is 4.84. The molecule has 0 fully saturated rings. The topological polar surface area (TPSA) is 44.8 Å². The standard InChI is InChI=1S/C12H13ClO4/c1-15-9-6-8(4-5-11(13)14)7-10(16-2)12(9)17-3/h4-7H,1-3H3. The van der Waals surface area contributed by atoms with Crippen molar-refractivity contribution >= 4 is 22.9 Å². The minimum Gasteiger partial charge on any atom is -0.493 e. The van der Waals surface area contributed by atoms with Crippen molar-refractivity contribution in [2.45, 2.75) is 0 Å². The third kappa shape index (κ3) is 3.39. The number of hydrogen-bond donors (Lipinski definition) is 0. The lowest BCUT2D eigenvalue weighted by Gasteiger charge is -2.12. The molecule has 0 N–H and O–H groups in total. The van der Waals surface area contributed by atoms with E-state index in [9.17, 15) is 4.79 Å². The van der Waals surface area contributed by atoms with E-state index in [0.717, 1.165) is 5.56 Å². The van der Waals surface area contributed by atoms with E-state index >= 15 is 0 Å². The summed E-state index contributed by atoms with van der Waals surface area (Å²) in [6.45, 7) is 0. The lowest BCUT2D eigenvalue weighted by molar-refractivity contribution is -0.107. The first-order valence-corrected chi connectivity index (χ1v) is 5.17. The van der Waals surface area contributed by atoms with Gasteiger partial charge in [0.1, 0.15) is 0 Å². The second-order valence-corrected chi connectivity index (χ2v) is 3.47. The molecule has 0 spiro atoms. The van der Waals surface area contributed by atoms with E-state index in [1.54, 1.807) is 18.2 Å². The Morgan fingerprint density at radius 3 is 2.00 bits per heavy atom. The van der Waals surface area contributed by atoms with Crippen molar-refractivity contribution in [3.05, 3.63) is 23.8 Å². The fraction of sp³-hybridized carbons (Fsp3) is 0.250. The number of hydrogen-bond acceptors (Lipinski definition) is 4. The van der Waals surface area contributed by atoms with Crippen LogP contribution in [0.4, 0.5) is 0 Å².